The van der Waals surface area contributed by atoms with Gasteiger partial charge in [-0.3, -0.25) is 4.79 Å². The zero-order valence-electron chi connectivity index (χ0n) is 10.9. The molecule has 0 radical (unpaired) electrons. The van der Waals surface area contributed by atoms with Gasteiger partial charge in [0.15, 0.2) is 0 Å². The highest BCUT2D eigenvalue weighted by Gasteiger charge is 2.19. The summed E-state index contributed by atoms with van der Waals surface area (Å²) < 4.78 is 32.2. The molecule has 0 atom stereocenters. The van der Waals surface area contributed by atoms with Gasteiger partial charge in [-0.1, -0.05) is 6.07 Å². The Morgan fingerprint density at radius 1 is 1.27 bits per heavy atom. The van der Waals surface area contributed by atoms with E-state index in [1.54, 1.807) is 11.4 Å². The molecule has 0 aliphatic rings. The van der Waals surface area contributed by atoms with E-state index in [4.69, 9.17) is 4.74 Å². The van der Waals surface area contributed by atoms with Crippen LogP contribution in [0.1, 0.15) is 16.2 Å². The molecule has 2 aromatic heterocycles. The summed E-state index contributed by atoms with van der Waals surface area (Å²) in [7, 11) is 0. The minimum atomic E-state index is -1.16. The van der Waals surface area contributed by atoms with E-state index in [0.29, 0.717) is 10.2 Å². The van der Waals surface area contributed by atoms with Crippen LogP contribution in [0.25, 0.3) is 10.2 Å². The quantitative estimate of drug-likeness (QED) is 0.752. The number of hydrogen-bond donors (Lipinski definition) is 1. The maximum Gasteiger partial charge on any atom is 0.344 e. The van der Waals surface area contributed by atoms with E-state index in [2.05, 4.69) is 9.97 Å². The van der Waals surface area contributed by atoms with Crippen LogP contribution in [-0.4, -0.2) is 15.9 Å². The van der Waals surface area contributed by atoms with Crippen LogP contribution in [0.2, 0.25) is 0 Å². The summed E-state index contributed by atoms with van der Waals surface area (Å²) >= 11 is 1.23. The zero-order chi connectivity index (χ0) is 15.7. The molecule has 0 unspecified atom stereocenters. The minimum absolute atomic E-state index is 0.0981. The number of ether oxygens (including phenoxy) is 1. The number of nitrogens with one attached hydrogen (secondary N) is 1. The van der Waals surface area contributed by atoms with Crippen LogP contribution in [0.15, 0.2) is 34.4 Å². The first-order valence-corrected chi connectivity index (χ1v) is 7.02. The first kappa shape index (κ1) is 14.3. The molecule has 0 saturated carbocycles. The minimum Gasteiger partial charge on any atom is -0.454 e. The molecule has 0 saturated heterocycles. The van der Waals surface area contributed by atoms with Gasteiger partial charge < -0.3 is 9.72 Å². The molecule has 0 aliphatic carbocycles. The van der Waals surface area contributed by atoms with Gasteiger partial charge >= 0.3 is 5.97 Å². The topological polar surface area (TPSA) is 72.0 Å². The van der Waals surface area contributed by atoms with E-state index in [0.717, 1.165) is 18.2 Å². The lowest BCUT2D eigenvalue weighted by Crippen LogP contribution is -2.15. The third-order valence-electron chi connectivity index (χ3n) is 2.87. The Morgan fingerprint density at radius 2 is 2.00 bits per heavy atom. The van der Waals surface area contributed by atoms with Gasteiger partial charge in [0.2, 0.25) is 0 Å². The second kappa shape index (κ2) is 5.64. The number of hydrogen-bond acceptors (Lipinski definition) is 5. The number of aromatic amines is 1. The van der Waals surface area contributed by atoms with Crippen LogP contribution >= 0.6 is 11.3 Å². The first-order valence-electron chi connectivity index (χ1n) is 6.14. The number of halogens is 2. The summed E-state index contributed by atoms with van der Waals surface area (Å²) in [6.07, 6.45) is 0. The molecular weight excluding hydrogens is 314 g/mol. The monoisotopic (exact) mass is 322 g/mol. The van der Waals surface area contributed by atoms with Gasteiger partial charge in [0.1, 0.15) is 34.3 Å². The van der Waals surface area contributed by atoms with Crippen LogP contribution in [0.4, 0.5) is 8.78 Å². The fourth-order valence-electron chi connectivity index (χ4n) is 1.89. The van der Waals surface area contributed by atoms with E-state index in [1.807, 2.05) is 0 Å². The number of aromatic nitrogens is 2. The van der Waals surface area contributed by atoms with Crippen LogP contribution in [-0.2, 0) is 11.3 Å². The maximum absolute atomic E-state index is 13.4. The molecule has 5 nitrogen and oxygen atoms in total. The van der Waals surface area contributed by atoms with E-state index < -0.39 is 29.8 Å². The van der Waals surface area contributed by atoms with Gasteiger partial charge in [0, 0.05) is 0 Å². The van der Waals surface area contributed by atoms with Crippen molar-refractivity contribution in [3.8, 4) is 0 Å². The van der Waals surface area contributed by atoms with Crippen molar-refractivity contribution in [3.05, 3.63) is 63.0 Å². The molecule has 2 heterocycles. The molecule has 0 bridgehead atoms. The number of nitrogens with zero attached hydrogens (tertiary/aromatic N) is 1. The number of H-pyrrole nitrogens is 1. The third-order valence-corrected chi connectivity index (χ3v) is 3.77. The van der Waals surface area contributed by atoms with Crippen molar-refractivity contribution in [2.45, 2.75) is 6.61 Å². The van der Waals surface area contributed by atoms with Crippen LogP contribution in [0.3, 0.4) is 0 Å². The highest BCUT2D eigenvalue weighted by Crippen LogP contribution is 2.16. The molecule has 112 valence electrons. The molecule has 0 fully saturated rings. The maximum atomic E-state index is 13.4. The molecule has 1 aromatic carbocycles. The Balaban J connectivity index is 1.82. The number of rotatable bonds is 3. The van der Waals surface area contributed by atoms with Crippen molar-refractivity contribution < 1.29 is 18.3 Å². The molecule has 22 heavy (non-hydrogen) atoms. The largest absolute Gasteiger partial charge is 0.454 e. The Morgan fingerprint density at radius 3 is 2.73 bits per heavy atom. The highest BCUT2D eigenvalue weighted by atomic mass is 32.1. The van der Waals surface area contributed by atoms with Gasteiger partial charge in [0.05, 0.1) is 5.52 Å². The van der Waals surface area contributed by atoms with Crippen molar-refractivity contribution in [3.63, 3.8) is 0 Å². The fraction of sp³-hybridized carbons (Fsp3) is 0.0714. The standard InChI is InChI=1S/C14H8F2N2O3S/c15-7-2-1-3-8(16)11(7)14(20)21-6-10-17-9-4-5-22-12(9)13(19)18-10/h1-5H,6H2,(H,17,18,19). The fourth-order valence-corrected chi connectivity index (χ4v) is 2.61. The first-order chi connectivity index (χ1) is 10.6. The predicted molar refractivity (Wildman–Crippen MR) is 75.7 cm³/mol. The van der Waals surface area contributed by atoms with Crippen LogP contribution < -0.4 is 5.56 Å². The Labute approximate surface area is 126 Å². The molecule has 3 aromatic rings. The van der Waals surface area contributed by atoms with E-state index >= 15 is 0 Å². The molecular formula is C14H8F2N2O3S. The summed E-state index contributed by atoms with van der Waals surface area (Å²) in [4.78, 5) is 30.0. The Kier molecular flexibility index (Phi) is 3.68. The molecule has 1 N–H and O–H groups in total. The lowest BCUT2D eigenvalue weighted by molar-refractivity contribution is 0.0451. The van der Waals surface area contributed by atoms with Crippen LogP contribution in [0.5, 0.6) is 0 Å². The lowest BCUT2D eigenvalue weighted by atomic mass is 10.2. The normalized spacial score (nSPS) is 10.8. The summed E-state index contributed by atoms with van der Waals surface area (Å²) in [6.45, 7) is -0.395. The third kappa shape index (κ3) is 2.60. The molecule has 0 aliphatic heterocycles. The number of carbonyl (C=O) groups excluding carboxylic acids is 1. The summed E-state index contributed by atoms with van der Waals surface area (Å²) in [5.74, 6) is -3.09. The molecule has 3 rings (SSSR count). The number of thiophene rings is 1. The average molecular weight is 322 g/mol. The lowest BCUT2D eigenvalue weighted by Gasteiger charge is -2.06. The molecule has 0 spiro atoms. The predicted octanol–water partition coefficient (Wildman–Crippen LogP) is 2.62. The van der Waals surface area contributed by atoms with E-state index in [9.17, 15) is 18.4 Å². The van der Waals surface area contributed by atoms with Gasteiger partial charge in [-0.15, -0.1) is 11.3 Å². The van der Waals surface area contributed by atoms with Crippen molar-refractivity contribution in [2.75, 3.05) is 0 Å². The van der Waals surface area contributed by atoms with Crippen LogP contribution in [0, 0.1) is 11.6 Å². The SMILES string of the molecule is O=C(OCc1nc2ccsc2c(=O)[nH]1)c1c(F)cccc1F. The number of esters is 1. The van der Waals surface area contributed by atoms with E-state index in [1.165, 1.54) is 11.3 Å². The highest BCUT2D eigenvalue weighted by molar-refractivity contribution is 7.17. The van der Waals surface area contributed by atoms with Crippen molar-refractivity contribution in [1.82, 2.24) is 9.97 Å². The second-order valence-corrected chi connectivity index (χ2v) is 5.24. The molecule has 0 amide bonds. The average Bonchev–Trinajstić information content (AvgIpc) is 2.94. The Bertz CT molecular complexity index is 900. The van der Waals surface area contributed by atoms with Gasteiger partial charge in [0.25, 0.3) is 5.56 Å². The Hall–Kier alpha value is -2.61. The summed E-state index contributed by atoms with van der Waals surface area (Å²) in [5.41, 5.74) is -0.665. The van der Waals surface area contributed by atoms with Crippen molar-refractivity contribution >= 4 is 27.5 Å². The van der Waals surface area contributed by atoms with Gasteiger partial charge in [-0.25, -0.2) is 18.6 Å². The number of fused-ring (bicyclic) bond motifs is 1. The summed E-state index contributed by atoms with van der Waals surface area (Å²) in [5, 5.41) is 1.71. The van der Waals surface area contributed by atoms with Gasteiger partial charge in [-0.05, 0) is 23.6 Å². The van der Waals surface area contributed by atoms with Crippen molar-refractivity contribution in [1.29, 1.82) is 0 Å². The number of carbonyl (C=O) groups is 1. The second-order valence-electron chi connectivity index (χ2n) is 4.32. The zero-order valence-corrected chi connectivity index (χ0v) is 11.7. The smallest absolute Gasteiger partial charge is 0.344 e. The molecule has 8 heteroatoms. The van der Waals surface area contributed by atoms with E-state index in [-0.39, 0.29) is 11.4 Å². The summed E-state index contributed by atoms with van der Waals surface area (Å²) in [6, 6.07) is 4.70. The van der Waals surface area contributed by atoms with Crippen molar-refractivity contribution in [2.24, 2.45) is 0 Å². The van der Waals surface area contributed by atoms with Gasteiger partial charge in [-0.2, -0.15) is 0 Å². The number of benzene rings is 1.